The van der Waals surface area contributed by atoms with E-state index in [2.05, 4.69) is 26.1 Å². The predicted molar refractivity (Wildman–Crippen MR) is 105 cm³/mol. The Morgan fingerprint density at radius 2 is 1.68 bits per heavy atom. The minimum atomic E-state index is -3.39. The minimum absolute atomic E-state index is 0.0745. The van der Waals surface area contributed by atoms with Gasteiger partial charge in [-0.25, -0.2) is 8.42 Å². The van der Waals surface area contributed by atoms with Gasteiger partial charge in [-0.1, -0.05) is 34.6 Å². The van der Waals surface area contributed by atoms with Crippen molar-refractivity contribution in [1.82, 2.24) is 0 Å². The van der Waals surface area contributed by atoms with Crippen LogP contribution in [0.5, 0.6) is 0 Å². The lowest BCUT2D eigenvalue weighted by Gasteiger charge is -2.19. The lowest BCUT2D eigenvalue weighted by atomic mass is 9.90. The number of carbonyl (C=O) groups is 1. The van der Waals surface area contributed by atoms with Crippen LogP contribution in [-0.2, 0) is 14.6 Å². The van der Waals surface area contributed by atoms with Gasteiger partial charge in [0, 0.05) is 12.1 Å². The lowest BCUT2D eigenvalue weighted by Crippen LogP contribution is -2.21. The second-order valence-electron chi connectivity index (χ2n) is 8.01. The number of amides is 1. The van der Waals surface area contributed by atoms with Crippen molar-refractivity contribution in [2.75, 3.05) is 5.32 Å². The summed E-state index contributed by atoms with van der Waals surface area (Å²) >= 11 is 0. The summed E-state index contributed by atoms with van der Waals surface area (Å²) < 4.78 is 25.7. The maximum absolute atomic E-state index is 12.8. The molecule has 0 saturated heterocycles. The highest BCUT2D eigenvalue weighted by Crippen LogP contribution is 2.29. The molecule has 25 heavy (non-hydrogen) atoms. The Kier molecular flexibility index (Phi) is 7.24. The summed E-state index contributed by atoms with van der Waals surface area (Å²) in [6.07, 6.45) is 2.37. The highest BCUT2D eigenvalue weighted by Gasteiger charge is 2.26. The van der Waals surface area contributed by atoms with Crippen molar-refractivity contribution in [1.29, 1.82) is 0 Å². The Morgan fingerprint density at radius 1 is 1.12 bits per heavy atom. The number of aryl methyl sites for hydroxylation is 1. The number of sulfone groups is 1. The Labute approximate surface area is 153 Å². The SMILES string of the molecule is CCC(CC)S(=O)(=O)c1cc(C)c(C)c(NC(=O)CCC(C)(C)C)c1. The molecule has 0 radical (unpaired) electrons. The van der Waals surface area contributed by atoms with Crippen molar-refractivity contribution in [2.45, 2.75) is 84.3 Å². The van der Waals surface area contributed by atoms with E-state index >= 15 is 0 Å². The molecule has 0 atom stereocenters. The van der Waals surface area contributed by atoms with E-state index in [-0.39, 0.29) is 16.6 Å². The molecule has 0 aromatic heterocycles. The molecule has 1 N–H and O–H groups in total. The van der Waals surface area contributed by atoms with Crippen LogP contribution in [-0.4, -0.2) is 19.6 Å². The molecule has 0 spiro atoms. The number of hydrogen-bond acceptors (Lipinski definition) is 3. The van der Waals surface area contributed by atoms with Gasteiger partial charge in [0.15, 0.2) is 9.84 Å². The smallest absolute Gasteiger partial charge is 0.224 e. The molecule has 5 heteroatoms. The summed E-state index contributed by atoms with van der Waals surface area (Å²) in [5.74, 6) is -0.0745. The molecular formula is C20H33NO3S. The van der Waals surface area contributed by atoms with Gasteiger partial charge in [0.1, 0.15) is 0 Å². The minimum Gasteiger partial charge on any atom is -0.326 e. The van der Waals surface area contributed by atoms with E-state index in [0.717, 1.165) is 17.5 Å². The van der Waals surface area contributed by atoms with Crippen LogP contribution in [0.15, 0.2) is 17.0 Å². The zero-order valence-corrected chi connectivity index (χ0v) is 17.5. The summed E-state index contributed by atoms with van der Waals surface area (Å²) in [6, 6.07) is 3.33. The Bertz CT molecular complexity index is 711. The fourth-order valence-electron chi connectivity index (χ4n) is 2.74. The highest BCUT2D eigenvalue weighted by molar-refractivity contribution is 7.92. The third-order valence-corrected chi connectivity index (χ3v) is 7.13. The van der Waals surface area contributed by atoms with Crippen molar-refractivity contribution in [3.05, 3.63) is 23.3 Å². The molecule has 142 valence electrons. The number of rotatable bonds is 7. The number of carbonyl (C=O) groups excluding carboxylic acids is 1. The van der Waals surface area contributed by atoms with E-state index in [0.29, 0.717) is 29.8 Å². The Morgan fingerprint density at radius 3 is 2.16 bits per heavy atom. The third kappa shape index (κ3) is 5.84. The number of anilines is 1. The van der Waals surface area contributed by atoms with Crippen LogP contribution >= 0.6 is 0 Å². The fraction of sp³-hybridized carbons (Fsp3) is 0.650. The highest BCUT2D eigenvalue weighted by atomic mass is 32.2. The van der Waals surface area contributed by atoms with Crippen LogP contribution < -0.4 is 5.32 Å². The van der Waals surface area contributed by atoms with E-state index in [1.807, 2.05) is 27.7 Å². The van der Waals surface area contributed by atoms with E-state index in [9.17, 15) is 13.2 Å². The molecule has 1 aromatic rings. The molecule has 0 aliphatic rings. The average Bonchev–Trinajstić information content (AvgIpc) is 2.49. The summed E-state index contributed by atoms with van der Waals surface area (Å²) in [5, 5.41) is 2.52. The number of benzene rings is 1. The average molecular weight is 368 g/mol. The third-order valence-electron chi connectivity index (χ3n) is 4.70. The van der Waals surface area contributed by atoms with E-state index in [1.165, 1.54) is 0 Å². The number of hydrogen-bond donors (Lipinski definition) is 1. The van der Waals surface area contributed by atoms with Crippen LogP contribution in [0.2, 0.25) is 0 Å². The molecule has 4 nitrogen and oxygen atoms in total. The first-order chi connectivity index (χ1) is 11.4. The van der Waals surface area contributed by atoms with Gasteiger partial charge in [-0.05, 0) is 61.8 Å². The Hall–Kier alpha value is -1.36. The quantitative estimate of drug-likeness (QED) is 0.735. The van der Waals surface area contributed by atoms with E-state index in [1.54, 1.807) is 12.1 Å². The van der Waals surface area contributed by atoms with Crippen LogP contribution in [0.3, 0.4) is 0 Å². The van der Waals surface area contributed by atoms with Crippen molar-refractivity contribution >= 4 is 21.4 Å². The zero-order valence-electron chi connectivity index (χ0n) is 16.7. The normalized spacial score (nSPS) is 12.5. The molecule has 0 aliphatic heterocycles. The summed E-state index contributed by atoms with van der Waals surface area (Å²) in [5.41, 5.74) is 2.47. The molecule has 0 saturated carbocycles. The first-order valence-electron chi connectivity index (χ1n) is 9.07. The number of nitrogens with one attached hydrogen (secondary N) is 1. The molecule has 0 heterocycles. The van der Waals surface area contributed by atoms with Crippen LogP contribution in [0.25, 0.3) is 0 Å². The monoisotopic (exact) mass is 367 g/mol. The lowest BCUT2D eigenvalue weighted by molar-refractivity contribution is -0.116. The van der Waals surface area contributed by atoms with Crippen LogP contribution in [0.1, 0.15) is 71.4 Å². The largest absolute Gasteiger partial charge is 0.326 e. The molecule has 1 amide bonds. The van der Waals surface area contributed by atoms with Crippen molar-refractivity contribution in [3.63, 3.8) is 0 Å². The molecule has 0 fully saturated rings. The van der Waals surface area contributed by atoms with Gasteiger partial charge in [-0.15, -0.1) is 0 Å². The van der Waals surface area contributed by atoms with Gasteiger partial charge in [0.05, 0.1) is 10.1 Å². The van der Waals surface area contributed by atoms with Gasteiger partial charge in [0.2, 0.25) is 5.91 Å². The van der Waals surface area contributed by atoms with Gasteiger partial charge in [0.25, 0.3) is 0 Å². The first-order valence-corrected chi connectivity index (χ1v) is 10.6. The van der Waals surface area contributed by atoms with Crippen molar-refractivity contribution in [2.24, 2.45) is 5.41 Å². The van der Waals surface area contributed by atoms with Crippen molar-refractivity contribution < 1.29 is 13.2 Å². The second-order valence-corrected chi connectivity index (χ2v) is 10.2. The molecule has 0 aliphatic carbocycles. The van der Waals surface area contributed by atoms with Gasteiger partial charge < -0.3 is 5.32 Å². The maximum Gasteiger partial charge on any atom is 0.224 e. The van der Waals surface area contributed by atoms with Crippen LogP contribution in [0, 0.1) is 19.3 Å². The van der Waals surface area contributed by atoms with Gasteiger partial charge in [-0.2, -0.15) is 0 Å². The molecule has 0 unspecified atom stereocenters. The standard InChI is InChI=1S/C20H33NO3S/c1-8-16(9-2)25(23,24)17-12-14(3)15(4)18(13-17)21-19(22)10-11-20(5,6)7/h12-13,16H,8-11H2,1-7H3,(H,21,22). The maximum atomic E-state index is 12.8. The second kappa shape index (κ2) is 8.35. The molecule has 1 aromatic carbocycles. The van der Waals surface area contributed by atoms with Crippen molar-refractivity contribution in [3.8, 4) is 0 Å². The fourth-order valence-corrected chi connectivity index (χ4v) is 4.63. The predicted octanol–water partition coefficient (Wildman–Crippen LogP) is 5.03. The summed E-state index contributed by atoms with van der Waals surface area (Å²) in [7, 11) is -3.39. The van der Waals surface area contributed by atoms with Gasteiger partial charge >= 0.3 is 0 Å². The zero-order chi connectivity index (χ0) is 19.4. The van der Waals surface area contributed by atoms with E-state index < -0.39 is 9.84 Å². The molecule has 1 rings (SSSR count). The first kappa shape index (κ1) is 21.7. The summed E-state index contributed by atoms with van der Waals surface area (Å²) in [6.45, 7) is 13.9. The van der Waals surface area contributed by atoms with Crippen LogP contribution in [0.4, 0.5) is 5.69 Å². The Balaban J connectivity index is 3.14. The van der Waals surface area contributed by atoms with Gasteiger partial charge in [-0.3, -0.25) is 4.79 Å². The summed E-state index contributed by atoms with van der Waals surface area (Å²) in [4.78, 5) is 12.6. The van der Waals surface area contributed by atoms with E-state index in [4.69, 9.17) is 0 Å². The molecular weight excluding hydrogens is 334 g/mol. The topological polar surface area (TPSA) is 63.2 Å². The molecule has 0 bridgehead atoms.